The Bertz CT molecular complexity index is 490. The third-order valence-corrected chi connectivity index (χ3v) is 5.06. The van der Waals surface area contributed by atoms with Crippen molar-refractivity contribution in [1.29, 1.82) is 0 Å². The molecule has 0 atom stereocenters. The summed E-state index contributed by atoms with van der Waals surface area (Å²) in [5, 5.41) is 0. The fraction of sp³-hybridized carbons (Fsp3) is 0.538. The van der Waals surface area contributed by atoms with Crippen molar-refractivity contribution in [3.63, 3.8) is 0 Å². The van der Waals surface area contributed by atoms with E-state index in [9.17, 15) is 8.42 Å². The molecule has 1 aromatic carbocycles. The first-order valence-electron chi connectivity index (χ1n) is 6.23. The molecule has 4 nitrogen and oxygen atoms in total. The number of hydrogen-bond donors (Lipinski definition) is 0. The van der Waals surface area contributed by atoms with E-state index < -0.39 is 10.0 Å². The molecular formula is C13H20ClNO3S. The fourth-order valence-corrected chi connectivity index (χ4v) is 3.52. The first kappa shape index (κ1) is 16.4. The molecule has 0 unspecified atom stereocenters. The molecule has 6 heteroatoms. The average molecular weight is 306 g/mol. The predicted molar refractivity (Wildman–Crippen MR) is 77.2 cm³/mol. The van der Waals surface area contributed by atoms with Crippen LogP contribution in [0.2, 0.25) is 0 Å². The van der Waals surface area contributed by atoms with Gasteiger partial charge in [-0.1, -0.05) is 25.1 Å². The number of sulfonamides is 1. The Balaban J connectivity index is 2.82. The molecule has 0 radical (unpaired) electrons. The van der Waals surface area contributed by atoms with Crippen molar-refractivity contribution in [3.05, 3.63) is 29.8 Å². The van der Waals surface area contributed by atoms with Crippen molar-refractivity contribution in [2.75, 3.05) is 32.2 Å². The van der Waals surface area contributed by atoms with E-state index in [0.29, 0.717) is 37.1 Å². The molecule has 1 rings (SSSR count). The molecule has 0 N–H and O–H groups in total. The van der Waals surface area contributed by atoms with E-state index in [4.69, 9.17) is 16.3 Å². The third kappa shape index (κ3) is 4.45. The lowest BCUT2D eigenvalue weighted by atomic mass is 10.2. The van der Waals surface area contributed by atoms with E-state index in [2.05, 4.69) is 0 Å². The lowest BCUT2D eigenvalue weighted by molar-refractivity contribution is 0.137. The van der Waals surface area contributed by atoms with Gasteiger partial charge in [0.2, 0.25) is 10.0 Å². The van der Waals surface area contributed by atoms with Gasteiger partial charge in [-0.25, -0.2) is 8.42 Å². The lowest BCUT2D eigenvalue weighted by Gasteiger charge is -2.21. The number of halogens is 1. The Labute approximate surface area is 120 Å². The minimum atomic E-state index is -3.45. The highest BCUT2D eigenvalue weighted by Crippen LogP contribution is 2.19. The summed E-state index contributed by atoms with van der Waals surface area (Å²) < 4.78 is 31.6. The van der Waals surface area contributed by atoms with Crippen LogP contribution in [0.15, 0.2) is 29.2 Å². The number of ether oxygens (including phenoxy) is 1. The molecule has 19 heavy (non-hydrogen) atoms. The van der Waals surface area contributed by atoms with Gasteiger partial charge >= 0.3 is 0 Å². The predicted octanol–water partition coefficient (Wildman–Crippen LogP) is 2.26. The maximum Gasteiger partial charge on any atom is 0.243 e. The number of rotatable bonds is 8. The van der Waals surface area contributed by atoms with Crippen LogP contribution in [0, 0.1) is 6.92 Å². The molecule has 0 aromatic heterocycles. The Morgan fingerprint density at radius 2 is 1.95 bits per heavy atom. The summed E-state index contributed by atoms with van der Waals surface area (Å²) in [7, 11) is -3.45. The van der Waals surface area contributed by atoms with Gasteiger partial charge in [-0.05, 0) is 18.6 Å². The number of benzene rings is 1. The van der Waals surface area contributed by atoms with Crippen LogP contribution in [0.1, 0.15) is 12.5 Å². The summed E-state index contributed by atoms with van der Waals surface area (Å²) in [6.07, 6.45) is 0. The van der Waals surface area contributed by atoms with Crippen molar-refractivity contribution >= 4 is 21.6 Å². The van der Waals surface area contributed by atoms with E-state index in [1.165, 1.54) is 4.31 Å². The van der Waals surface area contributed by atoms with Crippen LogP contribution in [0.25, 0.3) is 0 Å². The summed E-state index contributed by atoms with van der Waals surface area (Å²) in [5.41, 5.74) is 0.752. The Hall–Kier alpha value is -0.620. The van der Waals surface area contributed by atoms with Gasteiger partial charge in [-0.2, -0.15) is 4.31 Å². The van der Waals surface area contributed by atoms with E-state index >= 15 is 0 Å². The average Bonchev–Trinajstić information content (AvgIpc) is 2.39. The number of likely N-dealkylation sites (N-methyl/N-ethyl adjacent to an activating group) is 1. The highest BCUT2D eigenvalue weighted by atomic mass is 35.5. The third-order valence-electron chi connectivity index (χ3n) is 2.77. The smallest absolute Gasteiger partial charge is 0.243 e. The zero-order valence-corrected chi connectivity index (χ0v) is 12.9. The molecule has 0 aliphatic carbocycles. The van der Waals surface area contributed by atoms with E-state index in [1.807, 2.05) is 13.0 Å². The lowest BCUT2D eigenvalue weighted by Crippen LogP contribution is -2.34. The van der Waals surface area contributed by atoms with Crippen molar-refractivity contribution in [2.45, 2.75) is 18.7 Å². The molecule has 1 aromatic rings. The van der Waals surface area contributed by atoms with Crippen LogP contribution >= 0.6 is 11.6 Å². The molecule has 0 saturated carbocycles. The van der Waals surface area contributed by atoms with Crippen LogP contribution in [-0.2, 0) is 14.8 Å². The van der Waals surface area contributed by atoms with E-state index in [1.54, 1.807) is 25.1 Å². The second-order valence-corrected chi connectivity index (χ2v) is 6.35. The largest absolute Gasteiger partial charge is 0.379 e. The van der Waals surface area contributed by atoms with Crippen LogP contribution in [0.4, 0.5) is 0 Å². The minimum Gasteiger partial charge on any atom is -0.379 e. The summed E-state index contributed by atoms with van der Waals surface area (Å²) in [4.78, 5) is 0.356. The summed E-state index contributed by atoms with van der Waals surface area (Å²) in [6.45, 7) is 5.16. The monoisotopic (exact) mass is 305 g/mol. The summed E-state index contributed by atoms with van der Waals surface area (Å²) in [5.74, 6) is 0.413. The maximum absolute atomic E-state index is 12.5. The number of aryl methyl sites for hydroxylation is 1. The second kappa shape index (κ2) is 7.85. The highest BCUT2D eigenvalue weighted by molar-refractivity contribution is 7.89. The minimum absolute atomic E-state index is 0.337. The zero-order valence-electron chi connectivity index (χ0n) is 11.3. The molecule has 0 bridgehead atoms. The van der Waals surface area contributed by atoms with Gasteiger partial charge in [-0.15, -0.1) is 11.6 Å². The van der Waals surface area contributed by atoms with Crippen molar-refractivity contribution in [2.24, 2.45) is 0 Å². The molecule has 0 saturated heterocycles. The van der Waals surface area contributed by atoms with Crippen LogP contribution in [0.3, 0.4) is 0 Å². The molecule has 0 heterocycles. The van der Waals surface area contributed by atoms with Gasteiger partial charge in [0, 0.05) is 19.0 Å². The topological polar surface area (TPSA) is 46.6 Å². The second-order valence-electron chi connectivity index (χ2n) is 4.06. The van der Waals surface area contributed by atoms with E-state index in [0.717, 1.165) is 5.56 Å². The van der Waals surface area contributed by atoms with Crippen LogP contribution < -0.4 is 0 Å². The maximum atomic E-state index is 12.5. The van der Waals surface area contributed by atoms with Gasteiger partial charge in [0.15, 0.2) is 0 Å². The van der Waals surface area contributed by atoms with Crippen LogP contribution in [0.5, 0.6) is 0 Å². The molecular weight excluding hydrogens is 286 g/mol. The number of nitrogens with zero attached hydrogens (tertiary/aromatic N) is 1. The first-order chi connectivity index (χ1) is 9.04. The van der Waals surface area contributed by atoms with Crippen LogP contribution in [-0.4, -0.2) is 44.9 Å². The van der Waals surface area contributed by atoms with Gasteiger partial charge in [0.1, 0.15) is 0 Å². The molecule has 0 fully saturated rings. The molecule has 108 valence electrons. The normalized spacial score (nSPS) is 12.0. The van der Waals surface area contributed by atoms with Gasteiger partial charge < -0.3 is 4.74 Å². The summed E-state index contributed by atoms with van der Waals surface area (Å²) in [6, 6.07) is 6.99. The zero-order chi connectivity index (χ0) is 14.3. The van der Waals surface area contributed by atoms with Crippen molar-refractivity contribution in [1.82, 2.24) is 4.31 Å². The Morgan fingerprint density at radius 3 is 2.53 bits per heavy atom. The number of hydrogen-bond acceptors (Lipinski definition) is 3. The SMILES string of the molecule is CCN(CCOCCCl)S(=O)(=O)c1ccccc1C. The number of alkyl halides is 1. The standard InChI is InChI=1S/C13H20ClNO3S/c1-3-15(9-11-18-10-8-14)19(16,17)13-7-5-4-6-12(13)2/h4-7H,3,8-11H2,1-2H3. The van der Waals surface area contributed by atoms with Gasteiger partial charge in [-0.3, -0.25) is 0 Å². The molecule has 0 spiro atoms. The quantitative estimate of drug-likeness (QED) is 0.547. The fourth-order valence-electron chi connectivity index (χ4n) is 1.76. The Morgan fingerprint density at radius 1 is 1.26 bits per heavy atom. The molecule has 0 aliphatic rings. The highest BCUT2D eigenvalue weighted by Gasteiger charge is 2.23. The van der Waals surface area contributed by atoms with E-state index in [-0.39, 0.29) is 0 Å². The molecule has 0 aliphatic heterocycles. The summed E-state index contributed by atoms with van der Waals surface area (Å²) >= 11 is 5.50. The van der Waals surface area contributed by atoms with Gasteiger partial charge in [0.05, 0.1) is 18.1 Å². The molecule has 0 amide bonds. The van der Waals surface area contributed by atoms with Gasteiger partial charge in [0.25, 0.3) is 0 Å². The van der Waals surface area contributed by atoms with Crippen molar-refractivity contribution in [3.8, 4) is 0 Å². The first-order valence-corrected chi connectivity index (χ1v) is 8.21. The van der Waals surface area contributed by atoms with Crippen molar-refractivity contribution < 1.29 is 13.2 Å². The Kier molecular flexibility index (Phi) is 6.79.